The van der Waals surface area contributed by atoms with Crippen molar-refractivity contribution in [3.05, 3.63) is 42.2 Å². The van der Waals surface area contributed by atoms with E-state index in [1.807, 2.05) is 25.1 Å². The van der Waals surface area contributed by atoms with Crippen LogP contribution in [0.1, 0.15) is 12.5 Å². The minimum absolute atomic E-state index is 1.15. The Kier molecular flexibility index (Phi) is 2.73. The van der Waals surface area contributed by atoms with Gasteiger partial charge in [0.25, 0.3) is 0 Å². The van der Waals surface area contributed by atoms with Crippen molar-refractivity contribution in [1.82, 2.24) is 0 Å². The number of ether oxygens (including phenoxy) is 1. The normalized spacial score (nSPS) is 11.3. The van der Waals surface area contributed by atoms with E-state index in [9.17, 15) is 0 Å². The van der Waals surface area contributed by atoms with E-state index in [4.69, 9.17) is 4.74 Å². The van der Waals surface area contributed by atoms with Gasteiger partial charge >= 0.3 is 0 Å². The summed E-state index contributed by atoms with van der Waals surface area (Å²) in [5.74, 6) is 0. The number of allylic oxidation sites excluding steroid dienone is 1. The summed E-state index contributed by atoms with van der Waals surface area (Å²) in [4.78, 5) is 0. The average Bonchev–Trinajstić information content (AvgIpc) is 2.07. The van der Waals surface area contributed by atoms with Crippen LogP contribution < -0.4 is 0 Å². The number of benzene rings is 1. The van der Waals surface area contributed by atoms with E-state index in [-0.39, 0.29) is 0 Å². The number of rotatable bonds is 2. The molecule has 58 valence electrons. The van der Waals surface area contributed by atoms with Gasteiger partial charge in [0, 0.05) is 0 Å². The fourth-order valence-electron chi connectivity index (χ4n) is 0.946. The lowest BCUT2D eigenvalue weighted by atomic mass is 10.1. The maximum absolute atomic E-state index is 4.90. The molecule has 0 spiro atoms. The van der Waals surface area contributed by atoms with E-state index in [2.05, 4.69) is 12.1 Å². The lowest BCUT2D eigenvalue weighted by molar-refractivity contribution is 0.339. The van der Waals surface area contributed by atoms with Gasteiger partial charge in [-0.15, -0.1) is 0 Å². The highest BCUT2D eigenvalue weighted by atomic mass is 16.5. The van der Waals surface area contributed by atoms with Crippen LogP contribution in [0.25, 0.3) is 5.57 Å². The topological polar surface area (TPSA) is 9.23 Å². The van der Waals surface area contributed by atoms with Crippen LogP contribution in [0.3, 0.4) is 0 Å². The molecule has 1 aromatic carbocycles. The largest absolute Gasteiger partial charge is 0.504 e. The number of hydrogen-bond donors (Lipinski definition) is 0. The molecule has 0 amide bonds. The third kappa shape index (κ3) is 2.11. The van der Waals surface area contributed by atoms with Gasteiger partial charge in [0.05, 0.1) is 13.4 Å². The van der Waals surface area contributed by atoms with Gasteiger partial charge in [0.1, 0.15) is 0 Å². The quantitative estimate of drug-likeness (QED) is 0.586. The zero-order valence-corrected chi connectivity index (χ0v) is 6.87. The second kappa shape index (κ2) is 3.81. The lowest BCUT2D eigenvalue weighted by Crippen LogP contribution is -1.78. The van der Waals surface area contributed by atoms with Gasteiger partial charge < -0.3 is 4.74 Å². The molecule has 0 N–H and O–H groups in total. The van der Waals surface area contributed by atoms with E-state index in [0.717, 1.165) is 5.57 Å². The SMILES string of the molecule is CO/C=C(/C)c1ccccc1. The summed E-state index contributed by atoms with van der Waals surface area (Å²) in [6.45, 7) is 2.03. The Bertz CT molecular complexity index is 236. The zero-order chi connectivity index (χ0) is 8.10. The minimum atomic E-state index is 1.15. The van der Waals surface area contributed by atoms with Gasteiger partial charge in [0.15, 0.2) is 0 Å². The van der Waals surface area contributed by atoms with Crippen molar-refractivity contribution in [2.45, 2.75) is 6.92 Å². The summed E-state index contributed by atoms with van der Waals surface area (Å²) < 4.78 is 4.90. The van der Waals surface area contributed by atoms with Crippen LogP contribution in [0, 0.1) is 0 Å². The van der Waals surface area contributed by atoms with E-state index in [0.29, 0.717) is 0 Å². The molecule has 0 saturated carbocycles. The van der Waals surface area contributed by atoms with Gasteiger partial charge in [0.2, 0.25) is 0 Å². The van der Waals surface area contributed by atoms with Crippen LogP contribution in [0.2, 0.25) is 0 Å². The Hall–Kier alpha value is -1.24. The highest BCUT2D eigenvalue weighted by Crippen LogP contribution is 2.11. The van der Waals surface area contributed by atoms with E-state index < -0.39 is 0 Å². The van der Waals surface area contributed by atoms with Gasteiger partial charge in [-0.25, -0.2) is 0 Å². The summed E-state index contributed by atoms with van der Waals surface area (Å²) in [6.07, 6.45) is 1.75. The Morgan fingerprint density at radius 1 is 1.27 bits per heavy atom. The van der Waals surface area contributed by atoms with Crippen molar-refractivity contribution in [3.8, 4) is 0 Å². The van der Waals surface area contributed by atoms with E-state index >= 15 is 0 Å². The molecule has 0 bridgehead atoms. The monoisotopic (exact) mass is 148 g/mol. The first-order valence-electron chi connectivity index (χ1n) is 3.59. The Morgan fingerprint density at radius 2 is 1.91 bits per heavy atom. The van der Waals surface area contributed by atoms with Crippen LogP contribution >= 0.6 is 0 Å². The average molecular weight is 148 g/mol. The molecule has 1 nitrogen and oxygen atoms in total. The molecular formula is C10H12O. The standard InChI is InChI=1S/C10H12O/c1-9(8-11-2)10-6-4-3-5-7-10/h3-8H,1-2H3/b9-8-. The first-order chi connectivity index (χ1) is 5.34. The molecule has 0 radical (unpaired) electrons. The highest BCUT2D eigenvalue weighted by Gasteiger charge is 1.91. The van der Waals surface area contributed by atoms with E-state index in [1.165, 1.54) is 5.56 Å². The summed E-state index contributed by atoms with van der Waals surface area (Å²) in [5, 5.41) is 0. The first-order valence-corrected chi connectivity index (χ1v) is 3.59. The van der Waals surface area contributed by atoms with E-state index in [1.54, 1.807) is 13.4 Å². The molecule has 11 heavy (non-hydrogen) atoms. The molecule has 0 fully saturated rings. The highest BCUT2D eigenvalue weighted by molar-refractivity contribution is 5.62. The van der Waals surface area contributed by atoms with Crippen molar-refractivity contribution in [1.29, 1.82) is 0 Å². The molecule has 1 heteroatoms. The second-order valence-corrected chi connectivity index (χ2v) is 2.40. The second-order valence-electron chi connectivity index (χ2n) is 2.40. The summed E-state index contributed by atoms with van der Waals surface area (Å²) in [5.41, 5.74) is 2.35. The summed E-state index contributed by atoms with van der Waals surface area (Å²) in [7, 11) is 1.66. The van der Waals surface area contributed by atoms with Crippen LogP contribution in [-0.4, -0.2) is 7.11 Å². The Balaban J connectivity index is 2.85. The predicted molar refractivity (Wildman–Crippen MR) is 47.1 cm³/mol. The van der Waals surface area contributed by atoms with Crippen molar-refractivity contribution < 1.29 is 4.74 Å². The number of methoxy groups -OCH3 is 1. The Morgan fingerprint density at radius 3 is 2.45 bits per heavy atom. The van der Waals surface area contributed by atoms with Crippen molar-refractivity contribution >= 4 is 5.57 Å². The summed E-state index contributed by atoms with van der Waals surface area (Å²) >= 11 is 0. The molecular weight excluding hydrogens is 136 g/mol. The third-order valence-electron chi connectivity index (χ3n) is 1.52. The molecule has 1 rings (SSSR count). The molecule has 0 atom stereocenters. The minimum Gasteiger partial charge on any atom is -0.504 e. The van der Waals surface area contributed by atoms with Crippen molar-refractivity contribution in [2.75, 3.05) is 7.11 Å². The van der Waals surface area contributed by atoms with Crippen molar-refractivity contribution in [3.63, 3.8) is 0 Å². The maximum Gasteiger partial charge on any atom is 0.0859 e. The van der Waals surface area contributed by atoms with Gasteiger partial charge in [-0.3, -0.25) is 0 Å². The Labute approximate surface area is 67.3 Å². The first kappa shape index (κ1) is 7.86. The van der Waals surface area contributed by atoms with Crippen LogP contribution in [0.5, 0.6) is 0 Å². The number of hydrogen-bond acceptors (Lipinski definition) is 1. The summed E-state index contributed by atoms with van der Waals surface area (Å²) in [6, 6.07) is 10.2. The molecule has 0 aliphatic heterocycles. The van der Waals surface area contributed by atoms with Crippen molar-refractivity contribution in [2.24, 2.45) is 0 Å². The lowest BCUT2D eigenvalue weighted by Gasteiger charge is -1.98. The maximum atomic E-state index is 4.90. The van der Waals surface area contributed by atoms with Gasteiger partial charge in [-0.2, -0.15) is 0 Å². The van der Waals surface area contributed by atoms with Gasteiger partial charge in [-0.05, 0) is 18.1 Å². The zero-order valence-electron chi connectivity index (χ0n) is 6.87. The smallest absolute Gasteiger partial charge is 0.0859 e. The third-order valence-corrected chi connectivity index (χ3v) is 1.52. The molecule has 0 saturated heterocycles. The molecule has 1 aromatic rings. The fourth-order valence-corrected chi connectivity index (χ4v) is 0.946. The fraction of sp³-hybridized carbons (Fsp3) is 0.200. The van der Waals surface area contributed by atoms with Crippen LogP contribution in [-0.2, 0) is 4.74 Å². The van der Waals surface area contributed by atoms with Crippen LogP contribution in [0.15, 0.2) is 36.6 Å². The predicted octanol–water partition coefficient (Wildman–Crippen LogP) is 2.69. The van der Waals surface area contributed by atoms with Gasteiger partial charge in [-0.1, -0.05) is 30.3 Å². The molecule has 0 aromatic heterocycles. The molecule has 0 heterocycles. The van der Waals surface area contributed by atoms with Crippen LogP contribution in [0.4, 0.5) is 0 Å². The molecule has 0 unspecified atom stereocenters. The molecule has 0 aliphatic rings. The molecule has 0 aliphatic carbocycles.